The Labute approximate surface area is 203 Å². The molecule has 0 aromatic heterocycles. The Bertz CT molecular complexity index is 1050. The van der Waals surface area contributed by atoms with Gasteiger partial charge in [0.05, 0.1) is 4.90 Å². The lowest BCUT2D eigenvalue weighted by Gasteiger charge is -2.24. The van der Waals surface area contributed by atoms with Crippen molar-refractivity contribution in [2.45, 2.75) is 56.9 Å². The van der Waals surface area contributed by atoms with Gasteiger partial charge in [-0.15, -0.1) is 0 Å². The van der Waals surface area contributed by atoms with Crippen molar-refractivity contribution in [3.8, 4) is 0 Å². The van der Waals surface area contributed by atoms with Gasteiger partial charge in [-0.05, 0) is 42.5 Å². The Balaban J connectivity index is 1.61. The van der Waals surface area contributed by atoms with E-state index in [4.69, 9.17) is 0 Å². The molecule has 1 atom stereocenters. The second-order valence-corrected chi connectivity index (χ2v) is 10.5. The molecular formula is C26H35N3O4S. The molecule has 1 fully saturated rings. The number of aryl methyl sites for hydroxylation is 1. The van der Waals surface area contributed by atoms with E-state index in [2.05, 4.69) is 5.32 Å². The number of amides is 2. The van der Waals surface area contributed by atoms with Crippen LogP contribution in [0.15, 0.2) is 59.5 Å². The lowest BCUT2D eigenvalue weighted by Crippen LogP contribution is -2.49. The maximum Gasteiger partial charge on any atom is 0.245 e. The quantitative estimate of drug-likeness (QED) is 0.530. The minimum absolute atomic E-state index is 0.0272. The average molecular weight is 486 g/mol. The van der Waals surface area contributed by atoms with Gasteiger partial charge < -0.3 is 10.2 Å². The number of hydrogen-bond donors (Lipinski definition) is 1. The zero-order chi connectivity index (χ0) is 24.6. The molecule has 0 radical (unpaired) electrons. The number of rotatable bonds is 11. The normalized spacial score (nSPS) is 14.9. The van der Waals surface area contributed by atoms with Gasteiger partial charge in [0.15, 0.2) is 0 Å². The van der Waals surface area contributed by atoms with Crippen LogP contribution in [0.1, 0.15) is 44.2 Å². The van der Waals surface area contributed by atoms with Crippen molar-refractivity contribution < 1.29 is 18.0 Å². The maximum atomic E-state index is 13.0. The lowest BCUT2D eigenvalue weighted by atomic mass is 10.0. The molecule has 2 aromatic rings. The zero-order valence-corrected chi connectivity index (χ0v) is 20.9. The molecule has 1 aliphatic heterocycles. The number of carbonyl (C=O) groups is 2. The monoisotopic (exact) mass is 485 g/mol. The number of sulfonamides is 1. The first-order valence-corrected chi connectivity index (χ1v) is 13.5. The van der Waals surface area contributed by atoms with Gasteiger partial charge in [0, 0.05) is 39.0 Å². The van der Waals surface area contributed by atoms with E-state index in [0.29, 0.717) is 25.9 Å². The van der Waals surface area contributed by atoms with Gasteiger partial charge in [-0.3, -0.25) is 9.59 Å². The molecule has 8 heteroatoms. The van der Waals surface area contributed by atoms with Crippen LogP contribution in [0.25, 0.3) is 0 Å². The van der Waals surface area contributed by atoms with Crippen molar-refractivity contribution in [2.75, 3.05) is 26.2 Å². The highest BCUT2D eigenvalue weighted by Crippen LogP contribution is 2.17. The Morgan fingerprint density at radius 3 is 2.15 bits per heavy atom. The summed E-state index contributed by atoms with van der Waals surface area (Å²) in [6, 6.07) is 15.8. The Morgan fingerprint density at radius 2 is 1.56 bits per heavy atom. The molecule has 0 bridgehead atoms. The molecular weight excluding hydrogens is 450 g/mol. The number of hydrogen-bond acceptors (Lipinski definition) is 4. The first kappa shape index (κ1) is 25.9. The van der Waals surface area contributed by atoms with Gasteiger partial charge in [-0.1, -0.05) is 56.3 Å². The zero-order valence-electron chi connectivity index (χ0n) is 20.1. The summed E-state index contributed by atoms with van der Waals surface area (Å²) in [6.07, 6.45) is 3.14. The van der Waals surface area contributed by atoms with Gasteiger partial charge in [0.2, 0.25) is 21.8 Å². The first-order valence-electron chi connectivity index (χ1n) is 12.1. The topological polar surface area (TPSA) is 86.8 Å². The summed E-state index contributed by atoms with van der Waals surface area (Å²) >= 11 is 0. The van der Waals surface area contributed by atoms with E-state index in [1.54, 1.807) is 24.3 Å². The van der Waals surface area contributed by atoms with Crippen molar-refractivity contribution in [3.05, 3.63) is 65.7 Å². The molecule has 1 unspecified atom stereocenters. The smallest absolute Gasteiger partial charge is 0.245 e. The van der Waals surface area contributed by atoms with Gasteiger partial charge in [-0.25, -0.2) is 8.42 Å². The lowest BCUT2D eigenvalue weighted by molar-refractivity contribution is -0.135. The highest BCUT2D eigenvalue weighted by molar-refractivity contribution is 7.89. The molecule has 7 nitrogen and oxygen atoms in total. The maximum absolute atomic E-state index is 13.0. The minimum atomic E-state index is -3.50. The van der Waals surface area contributed by atoms with E-state index in [1.807, 2.05) is 49.1 Å². The van der Waals surface area contributed by atoms with Crippen LogP contribution in [0.5, 0.6) is 0 Å². The third kappa shape index (κ3) is 6.67. The number of carbonyl (C=O) groups excluding carboxylic acids is 2. The fraction of sp³-hybridized carbons (Fsp3) is 0.462. The van der Waals surface area contributed by atoms with E-state index >= 15 is 0 Å². The molecule has 0 saturated carbocycles. The number of likely N-dealkylation sites (tertiary alicyclic amines) is 1. The van der Waals surface area contributed by atoms with Crippen LogP contribution >= 0.6 is 0 Å². The standard InChI is InChI=1S/C26H35N3O4S/c1-3-29(4-2)34(32,33)23-15-12-21(13-16-23)14-17-25(30)27-24(20-22-10-6-5-7-11-22)26(31)28-18-8-9-19-28/h5-7,10-13,15-16,24H,3-4,8-9,14,17-20H2,1-2H3,(H,27,30). The molecule has 184 valence electrons. The van der Waals surface area contributed by atoms with Crippen LogP contribution in [0.3, 0.4) is 0 Å². The Kier molecular flexibility index (Phi) is 9.24. The van der Waals surface area contributed by atoms with Crippen LogP contribution < -0.4 is 5.32 Å². The summed E-state index contributed by atoms with van der Waals surface area (Å²) in [6.45, 7) is 5.94. The van der Waals surface area contributed by atoms with E-state index in [1.165, 1.54) is 4.31 Å². The van der Waals surface area contributed by atoms with E-state index < -0.39 is 16.1 Å². The molecule has 2 aromatic carbocycles. The molecule has 0 aliphatic carbocycles. The van der Waals surface area contributed by atoms with Gasteiger partial charge >= 0.3 is 0 Å². The predicted octanol–water partition coefficient (Wildman–Crippen LogP) is 3.00. The highest BCUT2D eigenvalue weighted by atomic mass is 32.2. The molecule has 3 rings (SSSR count). The molecule has 1 heterocycles. The average Bonchev–Trinajstić information content (AvgIpc) is 3.38. The number of nitrogens with one attached hydrogen (secondary N) is 1. The number of benzene rings is 2. The second kappa shape index (κ2) is 12.1. The van der Waals surface area contributed by atoms with Crippen molar-refractivity contribution >= 4 is 21.8 Å². The molecule has 1 saturated heterocycles. The fourth-order valence-electron chi connectivity index (χ4n) is 4.27. The van der Waals surface area contributed by atoms with Crippen LogP contribution in [0.4, 0.5) is 0 Å². The van der Waals surface area contributed by atoms with Gasteiger partial charge in [0.25, 0.3) is 0 Å². The largest absolute Gasteiger partial charge is 0.344 e. The third-order valence-electron chi connectivity index (χ3n) is 6.24. The molecule has 2 amide bonds. The number of nitrogens with zero attached hydrogens (tertiary/aromatic N) is 2. The van der Waals surface area contributed by atoms with Gasteiger partial charge in [-0.2, -0.15) is 4.31 Å². The van der Waals surface area contributed by atoms with Crippen molar-refractivity contribution in [2.24, 2.45) is 0 Å². The molecule has 34 heavy (non-hydrogen) atoms. The Hall–Kier alpha value is -2.71. The molecule has 1 N–H and O–H groups in total. The first-order chi connectivity index (χ1) is 16.3. The van der Waals surface area contributed by atoms with Crippen LogP contribution in [-0.2, 0) is 32.5 Å². The van der Waals surface area contributed by atoms with Crippen molar-refractivity contribution in [3.63, 3.8) is 0 Å². The predicted molar refractivity (Wildman–Crippen MR) is 133 cm³/mol. The van der Waals surface area contributed by atoms with Crippen molar-refractivity contribution in [1.29, 1.82) is 0 Å². The summed E-state index contributed by atoms with van der Waals surface area (Å²) < 4.78 is 26.7. The molecule has 0 spiro atoms. The highest BCUT2D eigenvalue weighted by Gasteiger charge is 2.28. The van der Waals surface area contributed by atoms with Crippen LogP contribution in [0.2, 0.25) is 0 Å². The van der Waals surface area contributed by atoms with E-state index in [9.17, 15) is 18.0 Å². The fourth-order valence-corrected chi connectivity index (χ4v) is 5.73. The van der Waals surface area contributed by atoms with Crippen LogP contribution in [0, 0.1) is 0 Å². The summed E-state index contributed by atoms with van der Waals surface area (Å²) in [5.41, 5.74) is 1.88. The second-order valence-electron chi connectivity index (χ2n) is 8.58. The summed E-state index contributed by atoms with van der Waals surface area (Å²) in [5.74, 6) is -0.214. The van der Waals surface area contributed by atoms with E-state index in [0.717, 1.165) is 37.1 Å². The SMILES string of the molecule is CCN(CC)S(=O)(=O)c1ccc(CCC(=O)NC(Cc2ccccc2)C(=O)N2CCCC2)cc1. The minimum Gasteiger partial charge on any atom is -0.344 e. The van der Waals surface area contributed by atoms with Gasteiger partial charge in [0.1, 0.15) is 6.04 Å². The third-order valence-corrected chi connectivity index (χ3v) is 8.31. The summed E-state index contributed by atoms with van der Waals surface area (Å²) in [5, 5.41) is 2.95. The van der Waals surface area contributed by atoms with Crippen molar-refractivity contribution in [1.82, 2.24) is 14.5 Å². The summed E-state index contributed by atoms with van der Waals surface area (Å²) in [4.78, 5) is 27.9. The molecule has 1 aliphatic rings. The van der Waals surface area contributed by atoms with Crippen LogP contribution in [-0.4, -0.2) is 61.7 Å². The summed E-state index contributed by atoms with van der Waals surface area (Å²) in [7, 11) is -3.50. The Morgan fingerprint density at radius 1 is 0.941 bits per heavy atom. The van der Waals surface area contributed by atoms with E-state index in [-0.39, 0.29) is 23.1 Å².